The van der Waals surface area contributed by atoms with Crippen LogP contribution in [0.2, 0.25) is 0 Å². The second kappa shape index (κ2) is 9.91. The van der Waals surface area contributed by atoms with E-state index in [0.29, 0.717) is 45.0 Å². The number of benzene rings is 1. The Labute approximate surface area is 187 Å². The molecule has 1 saturated heterocycles. The number of rotatable bonds is 9. The average molecular weight is 437 g/mol. The highest BCUT2D eigenvalue weighted by Gasteiger charge is 2.44. The molecule has 32 heavy (non-hydrogen) atoms. The van der Waals surface area contributed by atoms with Gasteiger partial charge in [-0.15, -0.1) is 0 Å². The molecule has 0 amide bonds. The summed E-state index contributed by atoms with van der Waals surface area (Å²) in [6.45, 7) is 4.93. The Morgan fingerprint density at radius 3 is 2.66 bits per heavy atom. The number of hydrogen-bond acceptors (Lipinski definition) is 8. The van der Waals surface area contributed by atoms with Gasteiger partial charge in [0.05, 0.1) is 18.9 Å². The quantitative estimate of drug-likeness (QED) is 0.467. The van der Waals surface area contributed by atoms with Crippen molar-refractivity contribution in [2.24, 2.45) is 0 Å². The third-order valence-electron chi connectivity index (χ3n) is 5.41. The first-order valence-electron chi connectivity index (χ1n) is 10.9. The molecule has 3 aromatic rings. The van der Waals surface area contributed by atoms with E-state index in [4.69, 9.17) is 18.6 Å². The third kappa shape index (κ3) is 4.96. The fourth-order valence-corrected chi connectivity index (χ4v) is 3.77. The molecular weight excluding hydrogens is 410 g/mol. The van der Waals surface area contributed by atoms with Crippen molar-refractivity contribution in [3.8, 4) is 17.5 Å². The van der Waals surface area contributed by atoms with Gasteiger partial charge in [0.1, 0.15) is 5.76 Å². The molecule has 1 aromatic carbocycles. The zero-order valence-corrected chi connectivity index (χ0v) is 18.4. The van der Waals surface area contributed by atoms with Crippen molar-refractivity contribution in [3.05, 3.63) is 59.7 Å². The van der Waals surface area contributed by atoms with Crippen molar-refractivity contribution in [3.63, 3.8) is 0 Å². The number of esters is 1. The Bertz CT molecular complexity index is 1030. The lowest BCUT2D eigenvalue weighted by atomic mass is 9.93. The molecule has 1 atom stereocenters. The summed E-state index contributed by atoms with van der Waals surface area (Å²) in [4.78, 5) is 25.5. The first-order chi connectivity index (χ1) is 15.6. The molecule has 1 aliphatic heterocycles. The van der Waals surface area contributed by atoms with E-state index < -0.39 is 5.60 Å². The summed E-state index contributed by atoms with van der Waals surface area (Å²) in [5.41, 5.74) is 1.64. The van der Waals surface area contributed by atoms with Crippen LogP contribution >= 0.6 is 0 Å². The van der Waals surface area contributed by atoms with Crippen molar-refractivity contribution in [2.75, 3.05) is 19.8 Å². The summed E-state index contributed by atoms with van der Waals surface area (Å²) in [6.07, 6.45) is 5.75. The Balaban J connectivity index is 1.33. The van der Waals surface area contributed by atoms with Crippen LogP contribution in [0.15, 0.2) is 47.1 Å². The van der Waals surface area contributed by atoms with Gasteiger partial charge in [0.15, 0.2) is 5.60 Å². The number of nitrogens with zero attached hydrogens (tertiary/aromatic N) is 3. The van der Waals surface area contributed by atoms with Gasteiger partial charge in [-0.1, -0.05) is 18.2 Å². The van der Waals surface area contributed by atoms with E-state index in [1.54, 1.807) is 19.3 Å². The van der Waals surface area contributed by atoms with Crippen LogP contribution in [0.3, 0.4) is 0 Å². The Hall–Kier alpha value is -3.26. The molecule has 0 N–H and O–H groups in total. The molecule has 2 aromatic heterocycles. The summed E-state index contributed by atoms with van der Waals surface area (Å²) in [5.74, 6) is 1.04. The minimum absolute atomic E-state index is 0.274. The smallest absolute Gasteiger partial charge is 0.338 e. The topological polar surface area (TPSA) is 96.6 Å². The molecule has 4 rings (SSSR count). The fourth-order valence-electron chi connectivity index (χ4n) is 3.77. The largest absolute Gasteiger partial charge is 0.464 e. The number of carbonyl (C=O) groups excluding carboxylic acids is 1. The maximum atomic E-state index is 12.4. The third-order valence-corrected chi connectivity index (χ3v) is 5.41. The lowest BCUT2D eigenvalue weighted by Crippen LogP contribution is -2.41. The second-order valence-corrected chi connectivity index (χ2v) is 7.70. The van der Waals surface area contributed by atoms with Gasteiger partial charge in [0.2, 0.25) is 5.89 Å². The average Bonchev–Trinajstić information content (AvgIpc) is 3.43. The standard InChI is InChI=1S/C24H27N3O5/c1-3-29-22(28)24(11-7-12-31-24)14-18-15-25-23(26-16-18)30-13-10-20-17(2)32-21(27-20)19-8-5-4-6-9-19/h4-6,8-9,15-16H,3,7,10-14H2,1-2H3. The van der Waals surface area contributed by atoms with E-state index in [-0.39, 0.29) is 12.0 Å². The summed E-state index contributed by atoms with van der Waals surface area (Å²) in [6, 6.07) is 10.1. The zero-order valence-electron chi connectivity index (χ0n) is 18.4. The Kier molecular flexibility index (Phi) is 6.80. The van der Waals surface area contributed by atoms with Crippen LogP contribution in [0, 0.1) is 6.92 Å². The number of hydrogen-bond donors (Lipinski definition) is 0. The molecule has 1 unspecified atom stereocenters. The van der Waals surface area contributed by atoms with E-state index in [1.165, 1.54) is 0 Å². The minimum atomic E-state index is -0.942. The van der Waals surface area contributed by atoms with Crippen LogP contribution < -0.4 is 4.74 Å². The van der Waals surface area contributed by atoms with Crippen LogP contribution in [0.4, 0.5) is 0 Å². The lowest BCUT2D eigenvalue weighted by molar-refractivity contribution is -0.166. The van der Waals surface area contributed by atoms with Crippen LogP contribution in [0.5, 0.6) is 6.01 Å². The van der Waals surface area contributed by atoms with Gasteiger partial charge in [-0.3, -0.25) is 0 Å². The molecule has 168 valence electrons. The monoisotopic (exact) mass is 437 g/mol. The SMILES string of the molecule is CCOC(=O)C1(Cc2cnc(OCCc3nc(-c4ccccc4)oc3C)nc2)CCCO1. The summed E-state index contributed by atoms with van der Waals surface area (Å²) < 4.78 is 22.5. The zero-order chi connectivity index (χ0) is 22.4. The van der Waals surface area contributed by atoms with Gasteiger partial charge < -0.3 is 18.6 Å². The lowest BCUT2D eigenvalue weighted by Gasteiger charge is -2.25. The van der Waals surface area contributed by atoms with Gasteiger partial charge in [0, 0.05) is 37.4 Å². The highest BCUT2D eigenvalue weighted by Crippen LogP contribution is 2.31. The molecule has 3 heterocycles. The number of carbonyl (C=O) groups is 1. The predicted molar refractivity (Wildman–Crippen MR) is 116 cm³/mol. The molecule has 0 spiro atoms. The van der Waals surface area contributed by atoms with Crippen molar-refractivity contribution < 1.29 is 23.4 Å². The molecule has 0 aliphatic carbocycles. The number of aryl methyl sites for hydroxylation is 1. The summed E-state index contributed by atoms with van der Waals surface area (Å²) in [5, 5.41) is 0. The van der Waals surface area contributed by atoms with E-state index >= 15 is 0 Å². The minimum Gasteiger partial charge on any atom is -0.464 e. The Morgan fingerprint density at radius 2 is 1.97 bits per heavy atom. The van der Waals surface area contributed by atoms with Crippen molar-refractivity contribution >= 4 is 5.97 Å². The van der Waals surface area contributed by atoms with Gasteiger partial charge >= 0.3 is 12.0 Å². The molecule has 8 heteroatoms. The van der Waals surface area contributed by atoms with Gasteiger partial charge in [-0.2, -0.15) is 0 Å². The molecule has 0 radical (unpaired) electrons. The van der Waals surface area contributed by atoms with Crippen molar-refractivity contribution in [1.29, 1.82) is 0 Å². The van der Waals surface area contributed by atoms with Crippen molar-refractivity contribution in [1.82, 2.24) is 15.0 Å². The van der Waals surface area contributed by atoms with Gasteiger partial charge in [-0.05, 0) is 44.4 Å². The van der Waals surface area contributed by atoms with Gasteiger partial charge in [0.25, 0.3) is 0 Å². The maximum Gasteiger partial charge on any atom is 0.338 e. The fraction of sp³-hybridized carbons (Fsp3) is 0.417. The molecule has 0 saturated carbocycles. The van der Waals surface area contributed by atoms with Crippen molar-refractivity contribution in [2.45, 2.75) is 45.1 Å². The van der Waals surface area contributed by atoms with Crippen LogP contribution in [0.25, 0.3) is 11.5 Å². The van der Waals surface area contributed by atoms with E-state index in [0.717, 1.165) is 29.0 Å². The number of aromatic nitrogens is 3. The molecule has 1 fully saturated rings. The van der Waals surface area contributed by atoms with E-state index in [1.807, 2.05) is 37.3 Å². The molecule has 1 aliphatic rings. The molecular formula is C24H27N3O5. The van der Waals surface area contributed by atoms with Crippen LogP contribution in [-0.4, -0.2) is 46.3 Å². The Morgan fingerprint density at radius 1 is 1.19 bits per heavy atom. The first-order valence-corrected chi connectivity index (χ1v) is 10.9. The second-order valence-electron chi connectivity index (χ2n) is 7.70. The van der Waals surface area contributed by atoms with Crippen LogP contribution in [-0.2, 0) is 27.1 Å². The number of ether oxygens (including phenoxy) is 3. The van der Waals surface area contributed by atoms with Crippen LogP contribution in [0.1, 0.15) is 36.8 Å². The molecule has 8 nitrogen and oxygen atoms in total. The highest BCUT2D eigenvalue weighted by atomic mass is 16.6. The normalized spacial score (nSPS) is 17.9. The highest BCUT2D eigenvalue weighted by molar-refractivity contribution is 5.80. The first kappa shape index (κ1) is 22.0. The molecule has 0 bridgehead atoms. The summed E-state index contributed by atoms with van der Waals surface area (Å²) >= 11 is 0. The predicted octanol–water partition coefficient (Wildman–Crippen LogP) is 3.72. The van der Waals surface area contributed by atoms with E-state index in [9.17, 15) is 4.79 Å². The summed E-state index contributed by atoms with van der Waals surface area (Å²) in [7, 11) is 0. The van der Waals surface area contributed by atoms with Gasteiger partial charge in [-0.25, -0.2) is 19.7 Å². The number of oxazole rings is 1. The maximum absolute atomic E-state index is 12.4. The van der Waals surface area contributed by atoms with E-state index in [2.05, 4.69) is 15.0 Å².